The Morgan fingerprint density at radius 1 is 1.46 bits per heavy atom. The molecule has 2 nitrogen and oxygen atoms in total. The summed E-state index contributed by atoms with van der Waals surface area (Å²) < 4.78 is 39.2. The van der Waals surface area contributed by atoms with Gasteiger partial charge in [-0.1, -0.05) is 5.57 Å². The minimum absolute atomic E-state index is 0.0385. The Morgan fingerprint density at radius 2 is 2.08 bits per heavy atom. The average Bonchev–Trinajstić information content (AvgIpc) is 1.78. The summed E-state index contributed by atoms with van der Waals surface area (Å²) in [5, 5.41) is 7.23. The fourth-order valence-electron chi connectivity index (χ4n) is 1.36. The Morgan fingerprint density at radius 3 is 2.54 bits per heavy atom. The van der Waals surface area contributed by atoms with Crippen LogP contribution in [0.15, 0.2) is 11.6 Å². The molecule has 0 bridgehead atoms. The van der Waals surface area contributed by atoms with E-state index in [1.54, 1.807) is 13.0 Å². The van der Waals surface area contributed by atoms with Crippen LogP contribution in [0.2, 0.25) is 0 Å². The topological polar surface area (TPSA) is 33.1 Å². The van der Waals surface area contributed by atoms with Crippen LogP contribution < -0.4 is 0 Å². The van der Waals surface area contributed by atoms with Crippen LogP contribution in [0.5, 0.6) is 0 Å². The van der Waals surface area contributed by atoms with Crippen molar-refractivity contribution in [1.82, 2.24) is 0 Å². The van der Waals surface area contributed by atoms with E-state index in [0.29, 0.717) is 0 Å². The standard InChI is InChI=1S/C8H10F3NO/c1-5-2-6(12)4-7(3-5)13-8(9,10)11/h2,7,12H,3-4H2,1H3. The van der Waals surface area contributed by atoms with Crippen LogP contribution in [0.4, 0.5) is 13.2 Å². The van der Waals surface area contributed by atoms with Crippen molar-refractivity contribution in [3.8, 4) is 0 Å². The molecule has 0 aromatic heterocycles. The number of allylic oxidation sites excluding steroid dienone is 1. The van der Waals surface area contributed by atoms with E-state index in [2.05, 4.69) is 4.74 Å². The first kappa shape index (κ1) is 10.2. The molecule has 1 atom stereocenters. The van der Waals surface area contributed by atoms with Gasteiger partial charge in [-0.3, -0.25) is 4.74 Å². The fraction of sp³-hybridized carbons (Fsp3) is 0.625. The highest BCUT2D eigenvalue weighted by Gasteiger charge is 2.34. The Balaban J connectivity index is 2.56. The molecule has 0 amide bonds. The molecule has 1 rings (SSSR count). The van der Waals surface area contributed by atoms with Crippen molar-refractivity contribution < 1.29 is 17.9 Å². The summed E-state index contributed by atoms with van der Waals surface area (Å²) >= 11 is 0. The zero-order valence-corrected chi connectivity index (χ0v) is 7.11. The molecule has 1 aliphatic carbocycles. The number of halogens is 3. The summed E-state index contributed by atoms with van der Waals surface area (Å²) in [5.41, 5.74) is 0.948. The lowest BCUT2D eigenvalue weighted by Crippen LogP contribution is -2.28. The Labute approximate surface area is 73.9 Å². The van der Waals surface area contributed by atoms with Gasteiger partial charge in [0.25, 0.3) is 0 Å². The Kier molecular flexibility index (Phi) is 2.75. The van der Waals surface area contributed by atoms with E-state index in [1.165, 1.54) is 0 Å². The summed E-state index contributed by atoms with van der Waals surface area (Å²) in [6.07, 6.45) is -3.64. The average molecular weight is 193 g/mol. The molecule has 0 radical (unpaired) electrons. The molecular formula is C8H10F3NO. The van der Waals surface area contributed by atoms with Gasteiger partial charge in [0.05, 0.1) is 6.10 Å². The SMILES string of the molecule is CC1=CC(=N)CC(OC(F)(F)F)C1. The Bertz CT molecular complexity index is 244. The van der Waals surface area contributed by atoms with Gasteiger partial charge in [0.15, 0.2) is 0 Å². The summed E-state index contributed by atoms with van der Waals surface area (Å²) in [7, 11) is 0. The molecule has 0 saturated heterocycles. The van der Waals surface area contributed by atoms with Crippen LogP contribution in [0, 0.1) is 5.41 Å². The number of alkyl halides is 3. The number of rotatable bonds is 1. The summed E-state index contributed by atoms with van der Waals surface area (Å²) in [6.45, 7) is 1.69. The van der Waals surface area contributed by atoms with Crippen molar-refractivity contribution in [2.75, 3.05) is 0 Å². The monoisotopic (exact) mass is 193 g/mol. The molecule has 0 aliphatic heterocycles. The minimum Gasteiger partial charge on any atom is -0.305 e. The quantitative estimate of drug-likeness (QED) is 0.682. The van der Waals surface area contributed by atoms with Gasteiger partial charge < -0.3 is 5.41 Å². The third-order valence-electron chi connectivity index (χ3n) is 1.72. The normalized spacial score (nSPS) is 24.5. The van der Waals surface area contributed by atoms with Crippen LogP contribution in [-0.4, -0.2) is 18.2 Å². The highest BCUT2D eigenvalue weighted by molar-refractivity contribution is 5.94. The lowest BCUT2D eigenvalue weighted by Gasteiger charge is -2.22. The Hall–Kier alpha value is -0.840. The first-order chi connectivity index (χ1) is 5.87. The highest BCUT2D eigenvalue weighted by Crippen LogP contribution is 2.26. The van der Waals surface area contributed by atoms with Gasteiger partial charge in [-0.25, -0.2) is 0 Å². The lowest BCUT2D eigenvalue weighted by molar-refractivity contribution is -0.341. The molecule has 0 aromatic carbocycles. The number of hydrogen-bond donors (Lipinski definition) is 1. The predicted molar refractivity (Wildman–Crippen MR) is 41.6 cm³/mol. The van der Waals surface area contributed by atoms with Crippen molar-refractivity contribution in [2.24, 2.45) is 0 Å². The van der Waals surface area contributed by atoms with Gasteiger partial charge in [0.2, 0.25) is 0 Å². The molecule has 1 aliphatic rings. The molecule has 74 valence electrons. The summed E-state index contributed by atoms with van der Waals surface area (Å²) in [6, 6.07) is 0. The highest BCUT2D eigenvalue weighted by atomic mass is 19.4. The molecule has 0 saturated carbocycles. The van der Waals surface area contributed by atoms with Crippen molar-refractivity contribution in [3.05, 3.63) is 11.6 Å². The zero-order chi connectivity index (χ0) is 10.1. The van der Waals surface area contributed by atoms with Crippen molar-refractivity contribution in [2.45, 2.75) is 32.2 Å². The molecule has 0 spiro atoms. The second-order valence-electron chi connectivity index (χ2n) is 3.11. The molecule has 0 fully saturated rings. The van der Waals surface area contributed by atoms with E-state index >= 15 is 0 Å². The fourth-order valence-corrected chi connectivity index (χ4v) is 1.36. The van der Waals surface area contributed by atoms with E-state index in [9.17, 15) is 13.2 Å². The molecule has 1 N–H and O–H groups in total. The van der Waals surface area contributed by atoms with Crippen LogP contribution in [0.3, 0.4) is 0 Å². The van der Waals surface area contributed by atoms with Crippen molar-refractivity contribution >= 4 is 5.71 Å². The van der Waals surface area contributed by atoms with Crippen molar-refractivity contribution in [1.29, 1.82) is 5.41 Å². The number of ether oxygens (including phenoxy) is 1. The summed E-state index contributed by atoms with van der Waals surface area (Å²) in [5.74, 6) is 0. The van der Waals surface area contributed by atoms with Gasteiger partial charge in [-0.05, 0) is 19.4 Å². The molecule has 5 heteroatoms. The van der Waals surface area contributed by atoms with Crippen LogP contribution in [-0.2, 0) is 4.74 Å². The largest absolute Gasteiger partial charge is 0.522 e. The number of hydrogen-bond acceptors (Lipinski definition) is 2. The van der Waals surface area contributed by atoms with E-state index in [4.69, 9.17) is 5.41 Å². The predicted octanol–water partition coefficient (Wildman–Crippen LogP) is 2.65. The maximum absolute atomic E-state index is 11.8. The van der Waals surface area contributed by atoms with E-state index in [0.717, 1.165) is 5.57 Å². The van der Waals surface area contributed by atoms with Gasteiger partial charge in [-0.2, -0.15) is 0 Å². The molecular weight excluding hydrogens is 183 g/mol. The molecule has 0 aromatic rings. The molecule has 13 heavy (non-hydrogen) atoms. The van der Waals surface area contributed by atoms with Gasteiger partial charge >= 0.3 is 6.36 Å². The molecule has 0 heterocycles. The second-order valence-corrected chi connectivity index (χ2v) is 3.11. The smallest absolute Gasteiger partial charge is 0.305 e. The maximum atomic E-state index is 11.8. The van der Waals surface area contributed by atoms with E-state index in [1.807, 2.05) is 0 Å². The first-order valence-corrected chi connectivity index (χ1v) is 3.86. The minimum atomic E-state index is -4.59. The van der Waals surface area contributed by atoms with Crippen LogP contribution in [0.1, 0.15) is 19.8 Å². The van der Waals surface area contributed by atoms with Gasteiger partial charge in [0, 0.05) is 12.1 Å². The van der Waals surface area contributed by atoms with Crippen LogP contribution in [0.25, 0.3) is 0 Å². The van der Waals surface area contributed by atoms with Gasteiger partial charge in [0.1, 0.15) is 0 Å². The van der Waals surface area contributed by atoms with Crippen LogP contribution >= 0.6 is 0 Å². The molecule has 1 unspecified atom stereocenters. The zero-order valence-electron chi connectivity index (χ0n) is 7.11. The van der Waals surface area contributed by atoms with E-state index in [-0.39, 0.29) is 18.6 Å². The first-order valence-electron chi connectivity index (χ1n) is 3.86. The number of nitrogens with one attached hydrogen (secondary N) is 1. The second kappa shape index (κ2) is 3.49. The summed E-state index contributed by atoms with van der Waals surface area (Å²) in [4.78, 5) is 0. The van der Waals surface area contributed by atoms with E-state index < -0.39 is 12.5 Å². The van der Waals surface area contributed by atoms with Crippen molar-refractivity contribution in [3.63, 3.8) is 0 Å². The maximum Gasteiger partial charge on any atom is 0.522 e. The lowest BCUT2D eigenvalue weighted by atomic mass is 9.96. The van der Waals surface area contributed by atoms with Gasteiger partial charge in [-0.15, -0.1) is 13.2 Å². The third kappa shape index (κ3) is 3.59. The third-order valence-corrected chi connectivity index (χ3v) is 1.72.